The normalized spacial score (nSPS) is 14.3. The van der Waals surface area contributed by atoms with Gasteiger partial charge in [-0.1, -0.05) is 141 Å². The monoisotopic (exact) mass is 644 g/mol. The number of ether oxygens (including phenoxy) is 2. The van der Waals surface area contributed by atoms with Gasteiger partial charge in [-0.15, -0.1) is 11.6 Å². The summed E-state index contributed by atoms with van der Waals surface area (Å²) in [5.41, 5.74) is 0. The smallest absolute Gasteiger partial charge is 0.305 e. The first-order chi connectivity index (χ1) is 23.4. The van der Waals surface area contributed by atoms with Crippen LogP contribution in [0, 0.1) is 0 Å². The molecule has 4 nitrogen and oxygen atoms in total. The number of halogens is 1. The molecular formula is C39H71ClO4. The van der Waals surface area contributed by atoms with Crippen molar-refractivity contribution in [2.75, 3.05) is 13.1 Å². The van der Waals surface area contributed by atoms with Crippen LogP contribution < -0.4 is 0 Å². The molecular weight excluding hydrogens is 568 g/mol. The summed E-state index contributed by atoms with van der Waals surface area (Å²) >= 11 is 5.95. The zero-order valence-electron chi connectivity index (χ0n) is 33.6. The van der Waals surface area contributed by atoms with E-state index in [9.17, 15) is 9.59 Å². The molecule has 0 N–H and O–H groups in total. The summed E-state index contributed by atoms with van der Waals surface area (Å²) in [7, 11) is 0. The Labute approximate surface area is 285 Å². The van der Waals surface area contributed by atoms with Gasteiger partial charge in [-0.05, 0) is 64.2 Å². The number of unbranched alkanes of at least 4 members (excludes halogenated alkanes) is 22. The van der Waals surface area contributed by atoms with Crippen molar-refractivity contribution in [2.45, 2.75) is 199 Å². The maximum atomic E-state index is 12.3. The SMILES string of the molecule is [2H]C([2H])(OC(=O)CCCCCCC/C=C\CCCCCCCC)C([2H])(Cl)C([2H])([2H])OC(=O)CCCCCCC/C=C\CCCCCCCC. The molecule has 0 saturated heterocycles. The number of alkyl halides is 1. The lowest BCUT2D eigenvalue weighted by molar-refractivity contribution is -0.146. The van der Waals surface area contributed by atoms with E-state index in [1.807, 2.05) is 0 Å². The molecule has 0 unspecified atom stereocenters. The van der Waals surface area contributed by atoms with E-state index in [2.05, 4.69) is 38.2 Å². The molecule has 0 aromatic rings. The van der Waals surface area contributed by atoms with Crippen LogP contribution in [0.2, 0.25) is 0 Å². The molecule has 0 amide bonds. The molecule has 5 heteroatoms. The van der Waals surface area contributed by atoms with E-state index in [-0.39, 0.29) is 12.8 Å². The molecule has 0 aliphatic heterocycles. The Bertz CT molecular complexity index is 811. The van der Waals surface area contributed by atoms with Gasteiger partial charge < -0.3 is 9.47 Å². The van der Waals surface area contributed by atoms with Gasteiger partial charge in [-0.2, -0.15) is 0 Å². The van der Waals surface area contributed by atoms with Crippen LogP contribution >= 0.6 is 11.6 Å². The molecule has 0 rings (SSSR count). The van der Waals surface area contributed by atoms with Crippen molar-refractivity contribution in [1.29, 1.82) is 0 Å². The molecule has 0 aromatic heterocycles. The van der Waals surface area contributed by atoms with Crippen molar-refractivity contribution in [3.8, 4) is 0 Å². The van der Waals surface area contributed by atoms with Crippen LogP contribution in [-0.2, 0) is 19.1 Å². The third kappa shape index (κ3) is 35.2. The van der Waals surface area contributed by atoms with Gasteiger partial charge in [0, 0.05) is 12.8 Å². The second-order valence-corrected chi connectivity index (χ2v) is 12.5. The van der Waals surface area contributed by atoms with Crippen LogP contribution in [0.3, 0.4) is 0 Å². The van der Waals surface area contributed by atoms with Crippen LogP contribution in [0.4, 0.5) is 0 Å². The fourth-order valence-corrected chi connectivity index (χ4v) is 5.08. The van der Waals surface area contributed by atoms with E-state index in [0.29, 0.717) is 12.8 Å². The maximum absolute atomic E-state index is 12.3. The minimum absolute atomic E-state index is 0.0666. The molecule has 0 aliphatic carbocycles. The minimum atomic E-state index is -3.22. The van der Waals surface area contributed by atoms with Crippen molar-refractivity contribution >= 4 is 23.5 Å². The number of carbonyl (C=O) groups excluding carboxylic acids is 2. The van der Waals surface area contributed by atoms with Crippen LogP contribution in [0.1, 0.15) is 200 Å². The van der Waals surface area contributed by atoms with E-state index in [0.717, 1.165) is 77.0 Å². The quantitative estimate of drug-likeness (QED) is 0.0303. The van der Waals surface area contributed by atoms with Gasteiger partial charge in [0.15, 0.2) is 0 Å². The summed E-state index contributed by atoms with van der Waals surface area (Å²) in [5.74, 6) is -1.81. The lowest BCUT2D eigenvalue weighted by Crippen LogP contribution is -2.21. The Hall–Kier alpha value is -1.29. The van der Waals surface area contributed by atoms with Gasteiger partial charge in [0.25, 0.3) is 0 Å². The molecule has 0 saturated carbocycles. The van der Waals surface area contributed by atoms with Crippen molar-refractivity contribution in [3.05, 3.63) is 24.3 Å². The molecule has 0 bridgehead atoms. The highest BCUT2D eigenvalue weighted by Gasteiger charge is 2.12. The van der Waals surface area contributed by atoms with Crippen LogP contribution in [0.5, 0.6) is 0 Å². The van der Waals surface area contributed by atoms with Crippen molar-refractivity contribution in [3.63, 3.8) is 0 Å². The highest BCUT2D eigenvalue weighted by Crippen LogP contribution is 2.12. The highest BCUT2D eigenvalue weighted by molar-refractivity contribution is 6.21. The zero-order valence-corrected chi connectivity index (χ0v) is 29.4. The standard InChI is InChI=1S/C39H71ClO4/c1-3-5-7-9-11-13-15-17-19-21-23-25-27-29-31-33-38(41)43-35-37(40)36-44-39(42)34-32-30-28-26-24-22-20-18-16-14-12-10-8-6-4-2/h17-20,37H,3-16,21-36H2,1-2H3/b19-17-,20-18-/i35D2,36D2,37D. The molecule has 0 aromatic carbocycles. The topological polar surface area (TPSA) is 52.6 Å². The fourth-order valence-electron chi connectivity index (χ4n) is 5.01. The highest BCUT2D eigenvalue weighted by atomic mass is 35.5. The summed E-state index contributed by atoms with van der Waals surface area (Å²) in [6.07, 6.45) is 37.7. The Kier molecular flexibility index (Phi) is 28.0. The van der Waals surface area contributed by atoms with Gasteiger partial charge in [0.05, 0.1) is 6.85 Å². The first kappa shape index (κ1) is 34.1. The number of hydrogen-bond donors (Lipinski definition) is 0. The molecule has 0 radical (unpaired) electrons. The number of hydrogen-bond acceptors (Lipinski definition) is 4. The third-order valence-corrected chi connectivity index (χ3v) is 7.95. The van der Waals surface area contributed by atoms with E-state index >= 15 is 0 Å². The average molecular weight is 644 g/mol. The summed E-state index contributed by atoms with van der Waals surface area (Å²) in [6, 6.07) is 0. The van der Waals surface area contributed by atoms with Gasteiger partial charge >= 0.3 is 11.9 Å². The Morgan fingerprint density at radius 2 is 0.795 bits per heavy atom. The Morgan fingerprint density at radius 3 is 1.11 bits per heavy atom. The van der Waals surface area contributed by atoms with E-state index < -0.39 is 30.4 Å². The second kappa shape index (κ2) is 36.2. The number of rotatable bonds is 34. The van der Waals surface area contributed by atoms with E-state index in [4.69, 9.17) is 27.9 Å². The molecule has 0 heterocycles. The first-order valence-electron chi connectivity index (χ1n) is 20.8. The predicted octanol–water partition coefficient (Wildman–Crippen LogP) is 12.8. The molecule has 0 atom stereocenters. The largest absolute Gasteiger partial charge is 0.464 e. The third-order valence-electron chi connectivity index (χ3n) is 7.79. The van der Waals surface area contributed by atoms with Gasteiger partial charge in [0.1, 0.15) is 18.5 Å². The molecule has 0 fully saturated rings. The lowest BCUT2D eigenvalue weighted by atomic mass is 10.1. The number of carbonyl (C=O) groups is 2. The molecule has 0 aliphatic rings. The zero-order chi connectivity index (χ0) is 36.7. The lowest BCUT2D eigenvalue weighted by Gasteiger charge is -2.11. The Morgan fingerprint density at radius 1 is 0.523 bits per heavy atom. The minimum Gasteiger partial charge on any atom is -0.464 e. The van der Waals surface area contributed by atoms with Crippen LogP contribution in [0.15, 0.2) is 24.3 Å². The van der Waals surface area contributed by atoms with Crippen molar-refractivity contribution < 1.29 is 25.9 Å². The summed E-state index contributed by atoms with van der Waals surface area (Å²) < 4.78 is 49.9. The average Bonchev–Trinajstić information content (AvgIpc) is 3.04. The summed E-state index contributed by atoms with van der Waals surface area (Å²) in [6.45, 7) is -1.98. The van der Waals surface area contributed by atoms with E-state index in [1.165, 1.54) is 77.0 Å². The van der Waals surface area contributed by atoms with Gasteiger partial charge in [0.2, 0.25) is 0 Å². The van der Waals surface area contributed by atoms with Crippen molar-refractivity contribution in [2.24, 2.45) is 0 Å². The van der Waals surface area contributed by atoms with E-state index in [1.54, 1.807) is 0 Å². The molecule has 0 spiro atoms. The summed E-state index contributed by atoms with van der Waals surface area (Å²) in [4.78, 5) is 24.6. The molecule has 258 valence electrons. The van der Waals surface area contributed by atoms with Gasteiger partial charge in [-0.25, -0.2) is 0 Å². The number of esters is 2. The maximum Gasteiger partial charge on any atom is 0.305 e. The van der Waals surface area contributed by atoms with Gasteiger partial charge in [-0.3, -0.25) is 9.59 Å². The number of allylic oxidation sites excluding steroid dienone is 4. The fraction of sp³-hybridized carbons (Fsp3) is 0.846. The first-order valence-corrected chi connectivity index (χ1v) is 18.7. The van der Waals surface area contributed by atoms with Crippen LogP contribution in [0.25, 0.3) is 0 Å². The predicted molar refractivity (Wildman–Crippen MR) is 190 cm³/mol. The Balaban J connectivity index is 4.10. The molecule has 44 heavy (non-hydrogen) atoms. The van der Waals surface area contributed by atoms with Crippen molar-refractivity contribution in [1.82, 2.24) is 0 Å². The second-order valence-electron chi connectivity index (χ2n) is 12.1. The summed E-state index contributed by atoms with van der Waals surface area (Å²) in [5, 5.41) is -3.18. The van der Waals surface area contributed by atoms with Crippen LogP contribution in [-0.4, -0.2) is 30.4 Å².